The molecule has 0 rings (SSSR count). The predicted molar refractivity (Wildman–Crippen MR) is 56.8 cm³/mol. The molecule has 0 fully saturated rings. The summed E-state index contributed by atoms with van der Waals surface area (Å²) >= 11 is 0. The van der Waals surface area contributed by atoms with Crippen LogP contribution in [0.3, 0.4) is 0 Å². The molecular weight excluding hydrogens is 160 g/mol. The topological polar surface area (TPSA) is 36.1 Å². The van der Waals surface area contributed by atoms with Crippen LogP contribution in [-0.4, -0.2) is 12.8 Å². The van der Waals surface area contributed by atoms with Crippen LogP contribution in [0.1, 0.15) is 26.7 Å². The fourth-order valence-corrected chi connectivity index (χ4v) is 0.911. The molecule has 0 aliphatic rings. The van der Waals surface area contributed by atoms with E-state index in [0.717, 1.165) is 12.8 Å². The molecular formula is C11H16N2. The van der Waals surface area contributed by atoms with E-state index in [4.69, 9.17) is 5.26 Å². The summed E-state index contributed by atoms with van der Waals surface area (Å²) in [5, 5.41) is 8.41. The van der Waals surface area contributed by atoms with E-state index in [1.54, 1.807) is 0 Å². The van der Waals surface area contributed by atoms with Gasteiger partial charge in [-0.05, 0) is 12.8 Å². The van der Waals surface area contributed by atoms with Gasteiger partial charge in [0.05, 0.1) is 12.1 Å². The van der Waals surface area contributed by atoms with Crippen molar-refractivity contribution in [3.05, 3.63) is 23.8 Å². The van der Waals surface area contributed by atoms with Crippen LogP contribution in [0, 0.1) is 11.3 Å². The summed E-state index contributed by atoms with van der Waals surface area (Å²) in [6.07, 6.45) is 5.76. The maximum absolute atomic E-state index is 8.41. The number of nitrogens with zero attached hydrogens (tertiary/aromatic N) is 2. The number of hydrogen-bond donors (Lipinski definition) is 0. The Labute approximate surface area is 80.3 Å². The Hall–Kier alpha value is -1.36. The van der Waals surface area contributed by atoms with Crippen molar-refractivity contribution in [2.24, 2.45) is 4.99 Å². The summed E-state index contributed by atoms with van der Waals surface area (Å²) in [5.74, 6) is 0. The smallest absolute Gasteiger partial charge is 0.100 e. The van der Waals surface area contributed by atoms with Crippen LogP contribution in [0.25, 0.3) is 0 Å². The lowest BCUT2D eigenvalue weighted by atomic mass is 10.2. The summed E-state index contributed by atoms with van der Waals surface area (Å²) in [5.41, 5.74) is 1.72. The SMILES string of the molecule is C=C(C#N)/C=N\C/C(=C\CC)CC. The summed E-state index contributed by atoms with van der Waals surface area (Å²) in [7, 11) is 0. The summed E-state index contributed by atoms with van der Waals surface area (Å²) in [6.45, 7) is 8.41. The highest BCUT2D eigenvalue weighted by atomic mass is 14.7. The first-order valence-corrected chi connectivity index (χ1v) is 4.51. The first kappa shape index (κ1) is 11.6. The van der Waals surface area contributed by atoms with Crippen molar-refractivity contribution in [3.8, 4) is 6.07 Å². The van der Waals surface area contributed by atoms with Crippen LogP contribution < -0.4 is 0 Å². The van der Waals surface area contributed by atoms with Crippen molar-refractivity contribution < 1.29 is 0 Å². The van der Waals surface area contributed by atoms with Crippen molar-refractivity contribution in [1.82, 2.24) is 0 Å². The first-order chi connectivity index (χ1) is 6.24. The minimum absolute atomic E-state index is 0.409. The van der Waals surface area contributed by atoms with Crippen molar-refractivity contribution in [1.29, 1.82) is 5.26 Å². The van der Waals surface area contributed by atoms with Crippen molar-refractivity contribution in [2.75, 3.05) is 6.54 Å². The molecule has 0 aliphatic heterocycles. The zero-order valence-electron chi connectivity index (χ0n) is 8.38. The molecule has 0 saturated heterocycles. The highest BCUT2D eigenvalue weighted by molar-refractivity contribution is 5.82. The van der Waals surface area contributed by atoms with E-state index in [1.165, 1.54) is 11.8 Å². The van der Waals surface area contributed by atoms with Crippen molar-refractivity contribution in [2.45, 2.75) is 26.7 Å². The van der Waals surface area contributed by atoms with Gasteiger partial charge in [-0.2, -0.15) is 5.26 Å². The van der Waals surface area contributed by atoms with Gasteiger partial charge in [-0.1, -0.05) is 32.1 Å². The van der Waals surface area contributed by atoms with E-state index in [9.17, 15) is 0 Å². The molecule has 0 radical (unpaired) electrons. The molecule has 0 aromatic rings. The molecule has 0 aromatic heterocycles. The number of hydrogen-bond acceptors (Lipinski definition) is 2. The Morgan fingerprint density at radius 1 is 1.54 bits per heavy atom. The van der Waals surface area contributed by atoms with E-state index in [2.05, 4.69) is 31.5 Å². The maximum atomic E-state index is 8.41. The quantitative estimate of drug-likeness (QED) is 0.360. The lowest BCUT2D eigenvalue weighted by Crippen LogP contribution is -1.88. The second-order valence-electron chi connectivity index (χ2n) is 2.73. The van der Waals surface area contributed by atoms with Gasteiger partial charge >= 0.3 is 0 Å². The van der Waals surface area contributed by atoms with Gasteiger partial charge in [0.15, 0.2) is 0 Å². The molecule has 0 bridgehead atoms. The zero-order chi connectivity index (χ0) is 10.1. The lowest BCUT2D eigenvalue weighted by molar-refractivity contribution is 0.985. The van der Waals surface area contributed by atoms with Gasteiger partial charge in [0.1, 0.15) is 6.07 Å². The molecule has 0 heterocycles. The highest BCUT2D eigenvalue weighted by Gasteiger charge is 1.90. The fraction of sp³-hybridized carbons (Fsp3) is 0.455. The molecule has 0 amide bonds. The third-order valence-corrected chi connectivity index (χ3v) is 1.63. The van der Waals surface area contributed by atoms with E-state index >= 15 is 0 Å². The number of aliphatic imine (C=N–C) groups is 1. The lowest BCUT2D eigenvalue weighted by Gasteiger charge is -1.98. The zero-order valence-corrected chi connectivity index (χ0v) is 8.38. The van der Waals surface area contributed by atoms with Crippen molar-refractivity contribution in [3.63, 3.8) is 0 Å². The predicted octanol–water partition coefficient (Wildman–Crippen LogP) is 2.88. The largest absolute Gasteiger partial charge is 0.287 e. The van der Waals surface area contributed by atoms with Crippen LogP contribution >= 0.6 is 0 Å². The van der Waals surface area contributed by atoms with Crippen LogP contribution in [-0.2, 0) is 0 Å². The average molecular weight is 176 g/mol. The summed E-state index contributed by atoms with van der Waals surface area (Å²) < 4.78 is 0. The molecule has 0 aliphatic carbocycles. The maximum Gasteiger partial charge on any atom is 0.100 e. The second kappa shape index (κ2) is 7.30. The Kier molecular flexibility index (Phi) is 6.53. The molecule has 0 N–H and O–H groups in total. The van der Waals surface area contributed by atoms with Gasteiger partial charge in [0, 0.05) is 6.21 Å². The van der Waals surface area contributed by atoms with Crippen LogP contribution in [0.4, 0.5) is 0 Å². The molecule has 2 heteroatoms. The highest BCUT2D eigenvalue weighted by Crippen LogP contribution is 2.02. The molecule has 0 unspecified atom stereocenters. The van der Waals surface area contributed by atoms with Gasteiger partial charge in [-0.15, -0.1) is 0 Å². The first-order valence-electron chi connectivity index (χ1n) is 4.51. The standard InChI is InChI=1S/C11H16N2/c1-4-6-11(5-2)9-13-8-10(3)7-12/h6,8H,3-5,9H2,1-2H3/b11-6-,13-8-. The van der Waals surface area contributed by atoms with Gasteiger partial charge in [0.25, 0.3) is 0 Å². The van der Waals surface area contributed by atoms with Crippen LogP contribution in [0.2, 0.25) is 0 Å². The number of nitriles is 1. The minimum Gasteiger partial charge on any atom is -0.287 e. The second-order valence-corrected chi connectivity index (χ2v) is 2.73. The van der Waals surface area contributed by atoms with E-state index < -0.39 is 0 Å². The molecule has 70 valence electrons. The normalized spacial score (nSPS) is 11.6. The third kappa shape index (κ3) is 5.86. The van der Waals surface area contributed by atoms with Gasteiger partial charge in [0.2, 0.25) is 0 Å². The van der Waals surface area contributed by atoms with E-state index in [-0.39, 0.29) is 0 Å². The minimum atomic E-state index is 0.409. The van der Waals surface area contributed by atoms with E-state index in [1.807, 2.05) is 6.07 Å². The Bertz CT molecular complexity index is 254. The Morgan fingerprint density at radius 2 is 2.23 bits per heavy atom. The number of allylic oxidation sites excluding steroid dienone is 2. The van der Waals surface area contributed by atoms with E-state index in [0.29, 0.717) is 12.1 Å². The number of rotatable bonds is 5. The summed E-state index contributed by atoms with van der Waals surface area (Å²) in [6, 6.07) is 1.93. The molecule has 0 aromatic carbocycles. The summed E-state index contributed by atoms with van der Waals surface area (Å²) in [4.78, 5) is 4.12. The van der Waals surface area contributed by atoms with Crippen molar-refractivity contribution >= 4 is 6.21 Å². The third-order valence-electron chi connectivity index (χ3n) is 1.63. The van der Waals surface area contributed by atoms with Crippen LogP contribution in [0.15, 0.2) is 28.8 Å². The molecule has 0 atom stereocenters. The molecule has 0 saturated carbocycles. The Balaban J connectivity index is 4.00. The van der Waals surface area contributed by atoms with Gasteiger partial charge in [-0.3, -0.25) is 4.99 Å². The van der Waals surface area contributed by atoms with Crippen LogP contribution in [0.5, 0.6) is 0 Å². The van der Waals surface area contributed by atoms with Gasteiger partial charge < -0.3 is 0 Å². The molecule has 13 heavy (non-hydrogen) atoms. The fourth-order valence-electron chi connectivity index (χ4n) is 0.911. The monoisotopic (exact) mass is 176 g/mol. The molecule has 2 nitrogen and oxygen atoms in total. The Morgan fingerprint density at radius 3 is 2.69 bits per heavy atom. The van der Waals surface area contributed by atoms with Gasteiger partial charge in [-0.25, -0.2) is 0 Å². The molecule has 0 spiro atoms. The average Bonchev–Trinajstić information content (AvgIpc) is 2.16.